The summed E-state index contributed by atoms with van der Waals surface area (Å²) in [5.41, 5.74) is 8.49. The molecule has 1 aliphatic rings. The van der Waals surface area contributed by atoms with Crippen LogP contribution in [0.5, 0.6) is 5.75 Å². The first-order valence-corrected chi connectivity index (χ1v) is 8.04. The number of hydrogen-bond donors (Lipinski definition) is 3. The molecule has 0 saturated heterocycles. The lowest BCUT2D eigenvalue weighted by Gasteiger charge is -2.19. The normalized spacial score (nSPS) is 14.9. The lowest BCUT2D eigenvalue weighted by molar-refractivity contribution is -0.131. The van der Waals surface area contributed by atoms with Crippen LogP contribution in [-0.2, 0) is 14.4 Å². The van der Waals surface area contributed by atoms with Gasteiger partial charge in [0.2, 0.25) is 5.91 Å². The molecule has 134 valence electrons. The predicted octanol–water partition coefficient (Wildman–Crippen LogP) is 1.14. The molecule has 1 atom stereocenters. The molecule has 8 nitrogen and oxygen atoms in total. The van der Waals surface area contributed by atoms with E-state index >= 15 is 0 Å². The van der Waals surface area contributed by atoms with Crippen molar-refractivity contribution in [1.82, 2.24) is 16.3 Å². The summed E-state index contributed by atoms with van der Waals surface area (Å²) in [6, 6.07) is 3.48. The number of hydrogen-bond acceptors (Lipinski definition) is 5. The second kappa shape index (κ2) is 7.98. The second-order valence-corrected chi connectivity index (χ2v) is 6.10. The van der Waals surface area contributed by atoms with Crippen LogP contribution in [-0.4, -0.2) is 29.5 Å². The molecule has 1 aliphatic heterocycles. The molecular formula is C16H19ClN4O4. The lowest BCUT2D eigenvalue weighted by Crippen LogP contribution is -2.50. The van der Waals surface area contributed by atoms with E-state index in [1.807, 2.05) is 13.8 Å². The van der Waals surface area contributed by atoms with Gasteiger partial charge in [0.1, 0.15) is 11.5 Å². The van der Waals surface area contributed by atoms with E-state index in [-0.39, 0.29) is 24.5 Å². The Morgan fingerprint density at radius 1 is 1.24 bits per heavy atom. The Morgan fingerprint density at radius 2 is 1.88 bits per heavy atom. The van der Waals surface area contributed by atoms with Gasteiger partial charge in [-0.3, -0.25) is 25.2 Å². The molecule has 0 bridgehead atoms. The van der Waals surface area contributed by atoms with Gasteiger partial charge in [0.05, 0.1) is 0 Å². The number of nitrogens with zero attached hydrogens (tertiary/aromatic N) is 1. The number of ether oxygens (including phenoxy) is 1. The average Bonchev–Trinajstić information content (AvgIpc) is 2.56. The first-order valence-electron chi connectivity index (χ1n) is 7.67. The zero-order valence-corrected chi connectivity index (χ0v) is 14.9. The third-order valence-electron chi connectivity index (χ3n) is 3.55. The minimum atomic E-state index is -0.841. The van der Waals surface area contributed by atoms with E-state index < -0.39 is 17.9 Å². The van der Waals surface area contributed by atoms with E-state index in [4.69, 9.17) is 16.3 Å². The monoisotopic (exact) mass is 366 g/mol. The van der Waals surface area contributed by atoms with Crippen LogP contribution in [0.25, 0.3) is 0 Å². The van der Waals surface area contributed by atoms with Crippen LogP contribution < -0.4 is 21.0 Å². The Hall–Kier alpha value is -2.61. The van der Waals surface area contributed by atoms with Crippen molar-refractivity contribution in [3.05, 3.63) is 28.3 Å². The third kappa shape index (κ3) is 4.93. The molecule has 25 heavy (non-hydrogen) atoms. The lowest BCUT2D eigenvalue weighted by atomic mass is 10.1. The summed E-state index contributed by atoms with van der Waals surface area (Å²) in [7, 11) is 0. The van der Waals surface area contributed by atoms with Gasteiger partial charge in [-0.05, 0) is 44.0 Å². The minimum Gasteiger partial charge on any atom is -0.480 e. The van der Waals surface area contributed by atoms with Crippen LogP contribution in [0.3, 0.4) is 0 Å². The summed E-state index contributed by atoms with van der Waals surface area (Å²) in [6.45, 7) is 5.22. The fourth-order valence-electron chi connectivity index (χ4n) is 2.24. The number of carbonyl (C=O) groups excluding carboxylic acids is 3. The van der Waals surface area contributed by atoms with Crippen LogP contribution in [0.1, 0.15) is 30.9 Å². The van der Waals surface area contributed by atoms with Gasteiger partial charge in [0, 0.05) is 17.9 Å². The molecule has 1 aromatic carbocycles. The fourth-order valence-corrected chi connectivity index (χ4v) is 2.57. The summed E-state index contributed by atoms with van der Waals surface area (Å²) >= 11 is 5.97. The summed E-state index contributed by atoms with van der Waals surface area (Å²) in [5, 5.41) is 4.23. The van der Waals surface area contributed by atoms with Crippen molar-refractivity contribution in [3.63, 3.8) is 0 Å². The number of nitrogens with one attached hydrogen (secondary N) is 3. The maximum absolute atomic E-state index is 12.1. The highest BCUT2D eigenvalue weighted by Crippen LogP contribution is 2.27. The van der Waals surface area contributed by atoms with E-state index in [1.54, 1.807) is 19.1 Å². The SMILES string of the molecule is Cc1cc(Cl)cc(C)c1O[C@H](C)C(=O)NNC(=O)C1=NNC(=O)CC1. The van der Waals surface area contributed by atoms with Gasteiger partial charge < -0.3 is 4.74 Å². The van der Waals surface area contributed by atoms with Crippen LogP contribution in [0.4, 0.5) is 0 Å². The van der Waals surface area contributed by atoms with Crippen molar-refractivity contribution in [1.29, 1.82) is 0 Å². The predicted molar refractivity (Wildman–Crippen MR) is 92.1 cm³/mol. The number of carbonyl (C=O) groups is 3. The Bertz CT molecular complexity index is 725. The van der Waals surface area contributed by atoms with Crippen LogP contribution in [0.2, 0.25) is 5.02 Å². The Balaban J connectivity index is 1.91. The van der Waals surface area contributed by atoms with Crippen LogP contribution in [0.15, 0.2) is 17.2 Å². The largest absolute Gasteiger partial charge is 0.480 e. The maximum Gasteiger partial charge on any atom is 0.285 e. The molecule has 2 rings (SSSR count). The van der Waals surface area contributed by atoms with E-state index in [0.29, 0.717) is 10.8 Å². The molecular weight excluding hydrogens is 348 g/mol. The van der Waals surface area contributed by atoms with E-state index in [9.17, 15) is 14.4 Å². The fraction of sp³-hybridized carbons (Fsp3) is 0.375. The number of hydrazone groups is 1. The van der Waals surface area contributed by atoms with Crippen molar-refractivity contribution in [2.24, 2.45) is 5.10 Å². The van der Waals surface area contributed by atoms with Crippen molar-refractivity contribution in [2.75, 3.05) is 0 Å². The minimum absolute atomic E-state index is 0.137. The Kier molecular flexibility index (Phi) is 5.97. The zero-order chi connectivity index (χ0) is 18.6. The quantitative estimate of drug-likeness (QED) is 0.694. The number of aryl methyl sites for hydroxylation is 2. The summed E-state index contributed by atoms with van der Waals surface area (Å²) < 4.78 is 5.68. The number of rotatable bonds is 4. The molecule has 0 spiro atoms. The van der Waals surface area contributed by atoms with E-state index in [2.05, 4.69) is 21.4 Å². The van der Waals surface area contributed by atoms with Crippen LogP contribution in [0, 0.1) is 13.8 Å². The summed E-state index contributed by atoms with van der Waals surface area (Å²) in [5.74, 6) is -0.795. The molecule has 0 aromatic heterocycles. The first-order chi connectivity index (χ1) is 11.8. The molecule has 3 N–H and O–H groups in total. The molecule has 0 fully saturated rings. The smallest absolute Gasteiger partial charge is 0.285 e. The first kappa shape index (κ1) is 18.7. The Morgan fingerprint density at radius 3 is 2.44 bits per heavy atom. The van der Waals surface area contributed by atoms with Crippen LogP contribution >= 0.6 is 11.6 Å². The summed E-state index contributed by atoms with van der Waals surface area (Å²) in [4.78, 5) is 35.0. The highest BCUT2D eigenvalue weighted by Gasteiger charge is 2.21. The third-order valence-corrected chi connectivity index (χ3v) is 3.77. The number of halogens is 1. The van der Waals surface area contributed by atoms with Gasteiger partial charge in [0.15, 0.2) is 6.10 Å². The molecule has 1 aromatic rings. The van der Waals surface area contributed by atoms with Gasteiger partial charge in [-0.25, -0.2) is 5.43 Å². The number of hydrazine groups is 1. The van der Waals surface area contributed by atoms with Crippen molar-refractivity contribution >= 4 is 35.0 Å². The van der Waals surface area contributed by atoms with Crippen molar-refractivity contribution < 1.29 is 19.1 Å². The van der Waals surface area contributed by atoms with Crippen molar-refractivity contribution in [3.8, 4) is 5.75 Å². The molecule has 0 aliphatic carbocycles. The molecule has 1 heterocycles. The van der Waals surface area contributed by atoms with Gasteiger partial charge in [0.25, 0.3) is 11.8 Å². The van der Waals surface area contributed by atoms with Gasteiger partial charge in [-0.2, -0.15) is 5.10 Å². The van der Waals surface area contributed by atoms with Gasteiger partial charge in [-0.1, -0.05) is 11.6 Å². The number of benzene rings is 1. The zero-order valence-electron chi connectivity index (χ0n) is 14.1. The molecule has 0 saturated carbocycles. The average molecular weight is 367 g/mol. The van der Waals surface area contributed by atoms with Crippen molar-refractivity contribution in [2.45, 2.75) is 39.7 Å². The highest BCUT2D eigenvalue weighted by molar-refractivity contribution is 6.39. The highest BCUT2D eigenvalue weighted by atomic mass is 35.5. The standard InChI is InChI=1S/C16H19ClN4O4/c1-8-6-11(17)7-9(2)14(8)25-10(3)15(23)20-21-16(24)12-4-5-13(22)19-18-12/h6-7,10H,4-5H2,1-3H3,(H,19,22)(H,20,23)(H,21,24)/t10-/m1/s1. The topological polar surface area (TPSA) is 109 Å². The Labute approximate surface area is 149 Å². The van der Waals surface area contributed by atoms with Gasteiger partial charge in [-0.15, -0.1) is 0 Å². The molecule has 0 radical (unpaired) electrons. The molecule has 9 heteroatoms. The van der Waals surface area contributed by atoms with Gasteiger partial charge >= 0.3 is 0 Å². The van der Waals surface area contributed by atoms with E-state index in [0.717, 1.165) is 11.1 Å². The summed E-state index contributed by atoms with van der Waals surface area (Å²) in [6.07, 6.45) is -0.454. The second-order valence-electron chi connectivity index (χ2n) is 5.67. The number of amides is 3. The molecule has 0 unspecified atom stereocenters. The maximum atomic E-state index is 12.1. The molecule has 3 amide bonds. The van der Waals surface area contributed by atoms with E-state index in [1.165, 1.54) is 0 Å².